The summed E-state index contributed by atoms with van der Waals surface area (Å²) in [5.41, 5.74) is 0. The maximum absolute atomic E-state index is 5.19. The molecule has 1 nitrogen and oxygen atoms in total. The maximum Gasteiger partial charge on any atom is 0.105 e. The van der Waals surface area contributed by atoms with Crippen molar-refractivity contribution in [2.24, 2.45) is 0 Å². The molecule has 0 N–H and O–H groups in total. The van der Waals surface area contributed by atoms with Gasteiger partial charge in [-0.2, -0.15) is 0 Å². The van der Waals surface area contributed by atoms with E-state index >= 15 is 0 Å². The first kappa shape index (κ1) is 7.60. The molecule has 1 heterocycles. The molecule has 0 atom stereocenters. The number of hydrogen-bond acceptors (Lipinski definition) is 1. The van der Waals surface area contributed by atoms with Gasteiger partial charge in [0.2, 0.25) is 0 Å². The quantitative estimate of drug-likeness (QED) is 0.527. The molecular weight excluding hydrogens is 140 g/mol. The average molecular weight is 154 g/mol. The van der Waals surface area contributed by atoms with Crippen LogP contribution in [0.2, 0.25) is 19.6 Å². The third-order valence-corrected chi connectivity index (χ3v) is 3.91. The van der Waals surface area contributed by atoms with Crippen LogP contribution in [0.4, 0.5) is 0 Å². The lowest BCUT2D eigenvalue weighted by Crippen LogP contribution is -2.27. The molecule has 0 saturated carbocycles. The summed E-state index contributed by atoms with van der Waals surface area (Å²) < 4.78 is 5.19. The Morgan fingerprint density at radius 2 is 2.10 bits per heavy atom. The van der Waals surface area contributed by atoms with Gasteiger partial charge >= 0.3 is 0 Å². The fourth-order valence-corrected chi connectivity index (χ4v) is 1.98. The van der Waals surface area contributed by atoms with Gasteiger partial charge < -0.3 is 4.74 Å². The van der Waals surface area contributed by atoms with Crippen molar-refractivity contribution >= 4 is 8.07 Å². The molecule has 2 heteroatoms. The van der Waals surface area contributed by atoms with Crippen molar-refractivity contribution in [3.8, 4) is 0 Å². The van der Waals surface area contributed by atoms with E-state index in [9.17, 15) is 0 Å². The molecule has 0 bridgehead atoms. The van der Waals surface area contributed by atoms with E-state index in [2.05, 4.69) is 25.7 Å². The van der Waals surface area contributed by atoms with Crippen molar-refractivity contribution in [3.05, 3.63) is 23.6 Å². The minimum absolute atomic E-state index is 0.812. The van der Waals surface area contributed by atoms with E-state index < -0.39 is 8.07 Å². The van der Waals surface area contributed by atoms with Crippen molar-refractivity contribution in [1.29, 1.82) is 0 Å². The van der Waals surface area contributed by atoms with Crippen molar-refractivity contribution in [1.82, 2.24) is 0 Å². The second-order valence-electron chi connectivity index (χ2n) is 3.58. The third-order valence-electron chi connectivity index (χ3n) is 1.67. The Hall–Kier alpha value is -0.503. The van der Waals surface area contributed by atoms with Crippen LogP contribution in [0.1, 0.15) is 0 Å². The molecule has 56 valence electrons. The molecule has 0 aromatic rings. The summed E-state index contributed by atoms with van der Waals surface area (Å²) in [6.07, 6.45) is 5.93. The molecule has 1 rings (SSSR count). The Morgan fingerprint density at radius 3 is 2.40 bits per heavy atom. The fourth-order valence-electron chi connectivity index (χ4n) is 0.864. The van der Waals surface area contributed by atoms with Crippen LogP contribution >= 0.6 is 0 Å². The Kier molecular flexibility index (Phi) is 1.99. The molecule has 1 aliphatic rings. The van der Waals surface area contributed by atoms with Gasteiger partial charge in [0.1, 0.15) is 6.61 Å². The van der Waals surface area contributed by atoms with Gasteiger partial charge in [-0.05, 0) is 11.3 Å². The Balaban J connectivity index is 2.72. The highest BCUT2D eigenvalue weighted by atomic mass is 28.3. The fraction of sp³-hybridized carbons (Fsp3) is 0.500. The summed E-state index contributed by atoms with van der Waals surface area (Å²) in [6, 6.07) is 0. The van der Waals surface area contributed by atoms with Crippen molar-refractivity contribution in [2.75, 3.05) is 6.61 Å². The van der Waals surface area contributed by atoms with Gasteiger partial charge in [-0.1, -0.05) is 25.7 Å². The summed E-state index contributed by atoms with van der Waals surface area (Å²) in [4.78, 5) is 0. The van der Waals surface area contributed by atoms with Crippen LogP contribution in [-0.4, -0.2) is 14.7 Å². The molecule has 0 saturated heterocycles. The highest BCUT2D eigenvalue weighted by Gasteiger charge is 2.19. The molecule has 0 aliphatic carbocycles. The first-order valence-corrected chi connectivity index (χ1v) is 7.08. The van der Waals surface area contributed by atoms with E-state index in [1.54, 1.807) is 6.26 Å². The van der Waals surface area contributed by atoms with E-state index in [1.165, 1.54) is 5.20 Å². The minimum Gasteiger partial charge on any atom is -0.497 e. The molecule has 0 aromatic carbocycles. The zero-order valence-corrected chi connectivity index (χ0v) is 7.85. The number of hydrogen-bond donors (Lipinski definition) is 0. The predicted molar refractivity (Wildman–Crippen MR) is 46.5 cm³/mol. The molecule has 10 heavy (non-hydrogen) atoms. The zero-order valence-electron chi connectivity index (χ0n) is 6.85. The minimum atomic E-state index is -1.07. The van der Waals surface area contributed by atoms with Gasteiger partial charge in [-0.25, -0.2) is 0 Å². The normalized spacial score (nSPS) is 18.1. The summed E-state index contributed by atoms with van der Waals surface area (Å²) in [6.45, 7) is 7.82. The second-order valence-corrected chi connectivity index (χ2v) is 8.72. The van der Waals surface area contributed by atoms with Gasteiger partial charge in [0.15, 0.2) is 0 Å². The van der Waals surface area contributed by atoms with Crippen LogP contribution in [0.15, 0.2) is 23.6 Å². The standard InChI is InChI=1S/C8H14OSi/c1-10(2,3)8-5-4-6-9-7-8/h4-6H,7H2,1-3H3. The lowest BCUT2D eigenvalue weighted by Gasteiger charge is -2.21. The molecule has 0 amide bonds. The van der Waals surface area contributed by atoms with E-state index in [1.807, 2.05) is 6.08 Å². The summed E-state index contributed by atoms with van der Waals surface area (Å²) in [5, 5.41) is 1.50. The van der Waals surface area contributed by atoms with Crippen LogP contribution in [0.5, 0.6) is 0 Å². The Morgan fingerprint density at radius 1 is 1.40 bits per heavy atom. The molecular formula is C8H14OSi. The van der Waals surface area contributed by atoms with Gasteiger partial charge in [-0.15, -0.1) is 0 Å². The highest BCUT2D eigenvalue weighted by molar-refractivity contribution is 6.83. The Labute approximate surface area is 63.4 Å². The zero-order chi connectivity index (χ0) is 7.61. The number of ether oxygens (including phenoxy) is 1. The predicted octanol–water partition coefficient (Wildman–Crippen LogP) is 2.33. The monoisotopic (exact) mass is 154 g/mol. The molecule has 0 radical (unpaired) electrons. The number of allylic oxidation sites excluding steroid dienone is 2. The highest BCUT2D eigenvalue weighted by Crippen LogP contribution is 2.16. The van der Waals surface area contributed by atoms with Crippen LogP contribution in [0.3, 0.4) is 0 Å². The van der Waals surface area contributed by atoms with Crippen molar-refractivity contribution < 1.29 is 4.74 Å². The lowest BCUT2D eigenvalue weighted by atomic mass is 10.4. The maximum atomic E-state index is 5.19. The van der Waals surface area contributed by atoms with E-state index in [0.717, 1.165) is 6.61 Å². The van der Waals surface area contributed by atoms with Crippen molar-refractivity contribution in [3.63, 3.8) is 0 Å². The van der Waals surface area contributed by atoms with Crippen LogP contribution < -0.4 is 0 Å². The first-order valence-electron chi connectivity index (χ1n) is 3.58. The van der Waals surface area contributed by atoms with Gasteiger partial charge in [0, 0.05) is 0 Å². The molecule has 0 fully saturated rings. The summed E-state index contributed by atoms with van der Waals surface area (Å²) in [7, 11) is -1.07. The number of rotatable bonds is 1. The smallest absolute Gasteiger partial charge is 0.105 e. The summed E-state index contributed by atoms with van der Waals surface area (Å²) >= 11 is 0. The van der Waals surface area contributed by atoms with E-state index in [0.29, 0.717) is 0 Å². The summed E-state index contributed by atoms with van der Waals surface area (Å²) in [5.74, 6) is 0. The van der Waals surface area contributed by atoms with Crippen LogP contribution in [-0.2, 0) is 4.74 Å². The second kappa shape index (κ2) is 2.62. The van der Waals surface area contributed by atoms with E-state index in [4.69, 9.17) is 4.74 Å². The third kappa shape index (κ3) is 1.74. The molecule has 1 aliphatic heterocycles. The van der Waals surface area contributed by atoms with E-state index in [-0.39, 0.29) is 0 Å². The molecule has 0 spiro atoms. The first-order chi connectivity index (χ1) is 4.61. The van der Waals surface area contributed by atoms with Crippen LogP contribution in [0.25, 0.3) is 0 Å². The SMILES string of the molecule is C[Si](C)(C)C1=CC=COC1. The van der Waals surface area contributed by atoms with Gasteiger partial charge in [0.05, 0.1) is 14.3 Å². The van der Waals surface area contributed by atoms with Crippen LogP contribution in [0, 0.1) is 0 Å². The average Bonchev–Trinajstić information content (AvgIpc) is 1.88. The largest absolute Gasteiger partial charge is 0.497 e. The van der Waals surface area contributed by atoms with Crippen molar-refractivity contribution in [2.45, 2.75) is 19.6 Å². The lowest BCUT2D eigenvalue weighted by molar-refractivity contribution is 0.281. The van der Waals surface area contributed by atoms with Gasteiger partial charge in [-0.3, -0.25) is 0 Å². The molecule has 0 aromatic heterocycles. The Bertz CT molecular complexity index is 174. The molecule has 0 unspecified atom stereocenters. The topological polar surface area (TPSA) is 9.23 Å². The van der Waals surface area contributed by atoms with Gasteiger partial charge in [0.25, 0.3) is 0 Å².